The zero-order valence-corrected chi connectivity index (χ0v) is 19.4. The van der Waals surface area contributed by atoms with Crippen LogP contribution in [-0.2, 0) is 14.9 Å². The number of nitrogens with two attached hydrogens (primary N) is 1. The molecule has 1 aliphatic rings. The van der Waals surface area contributed by atoms with E-state index in [1.807, 2.05) is 39.0 Å². The van der Waals surface area contributed by atoms with Crippen molar-refractivity contribution in [1.82, 2.24) is 5.32 Å². The molecule has 0 fully saturated rings. The molecule has 2 aromatic rings. The molecule has 0 aliphatic carbocycles. The first-order chi connectivity index (χ1) is 14.6. The minimum atomic E-state index is -1.04. The Morgan fingerprint density at radius 3 is 2.52 bits per heavy atom. The molecule has 6 nitrogen and oxygen atoms in total. The number of ether oxygens (including phenoxy) is 1. The Morgan fingerprint density at radius 2 is 1.84 bits per heavy atom. The lowest BCUT2D eigenvalue weighted by Crippen LogP contribution is -2.44. The van der Waals surface area contributed by atoms with E-state index in [-0.39, 0.29) is 5.91 Å². The lowest BCUT2D eigenvalue weighted by Gasteiger charge is -2.30. The molecular formula is C23H27Cl2N3O3. The van der Waals surface area contributed by atoms with E-state index < -0.39 is 17.1 Å². The minimum absolute atomic E-state index is 0.252. The number of nitrogens with zero attached hydrogens (tertiary/aromatic N) is 1. The van der Waals surface area contributed by atoms with E-state index in [9.17, 15) is 9.59 Å². The predicted octanol–water partition coefficient (Wildman–Crippen LogP) is 5.19. The van der Waals surface area contributed by atoms with Crippen LogP contribution in [0.2, 0.25) is 10.0 Å². The van der Waals surface area contributed by atoms with E-state index in [0.29, 0.717) is 47.1 Å². The lowest BCUT2D eigenvalue weighted by atomic mass is 9.72. The van der Waals surface area contributed by atoms with Gasteiger partial charge >= 0.3 is 6.09 Å². The molecule has 0 saturated carbocycles. The van der Waals surface area contributed by atoms with E-state index in [2.05, 4.69) is 5.32 Å². The number of amides is 2. The fraction of sp³-hybridized carbons (Fsp3) is 0.391. The highest BCUT2D eigenvalue weighted by Gasteiger charge is 2.52. The highest BCUT2D eigenvalue weighted by atomic mass is 35.5. The van der Waals surface area contributed by atoms with Crippen LogP contribution < -0.4 is 16.2 Å². The zero-order valence-electron chi connectivity index (χ0n) is 17.9. The summed E-state index contributed by atoms with van der Waals surface area (Å²) in [6.07, 6.45) is 1.30. The number of halogens is 2. The van der Waals surface area contributed by atoms with Gasteiger partial charge in [-0.15, -0.1) is 0 Å². The van der Waals surface area contributed by atoms with Crippen molar-refractivity contribution in [3.8, 4) is 0 Å². The molecule has 3 N–H and O–H groups in total. The van der Waals surface area contributed by atoms with Crippen molar-refractivity contribution in [3.05, 3.63) is 63.6 Å². The maximum atomic E-state index is 13.5. The molecule has 1 aliphatic heterocycles. The van der Waals surface area contributed by atoms with Crippen molar-refractivity contribution < 1.29 is 14.3 Å². The Hall–Kier alpha value is -2.28. The molecule has 166 valence electrons. The smallest absolute Gasteiger partial charge is 0.407 e. The normalized spacial score (nSPS) is 18.1. The van der Waals surface area contributed by atoms with Crippen LogP contribution in [0.15, 0.2) is 42.5 Å². The first-order valence-electron chi connectivity index (χ1n) is 10.2. The van der Waals surface area contributed by atoms with Crippen LogP contribution in [0.5, 0.6) is 0 Å². The summed E-state index contributed by atoms with van der Waals surface area (Å²) < 4.78 is 5.25. The Kier molecular flexibility index (Phi) is 6.84. The van der Waals surface area contributed by atoms with Gasteiger partial charge in [0.25, 0.3) is 5.91 Å². The van der Waals surface area contributed by atoms with Gasteiger partial charge in [-0.3, -0.25) is 4.79 Å². The molecule has 0 bridgehead atoms. The van der Waals surface area contributed by atoms with E-state index in [1.165, 1.54) is 5.01 Å². The van der Waals surface area contributed by atoms with Gasteiger partial charge in [0.05, 0.1) is 5.69 Å². The Bertz CT molecular complexity index is 990. The number of carbonyl (C=O) groups excluding carboxylic acids is 2. The highest BCUT2D eigenvalue weighted by molar-refractivity contribution is 6.32. The molecule has 1 heterocycles. The van der Waals surface area contributed by atoms with Crippen molar-refractivity contribution in [2.75, 3.05) is 11.6 Å². The Labute approximate surface area is 192 Å². The maximum Gasteiger partial charge on any atom is 0.407 e. The van der Waals surface area contributed by atoms with Gasteiger partial charge in [-0.05, 0) is 75.4 Å². The van der Waals surface area contributed by atoms with Gasteiger partial charge in [-0.25, -0.2) is 15.6 Å². The van der Waals surface area contributed by atoms with Gasteiger partial charge < -0.3 is 10.1 Å². The molecule has 3 rings (SSSR count). The molecule has 0 saturated heterocycles. The molecule has 1 atom stereocenters. The summed E-state index contributed by atoms with van der Waals surface area (Å²) in [5, 5.41) is 4.93. The van der Waals surface area contributed by atoms with Crippen LogP contribution in [0.3, 0.4) is 0 Å². The fourth-order valence-corrected chi connectivity index (χ4v) is 4.42. The fourth-order valence-electron chi connectivity index (χ4n) is 3.95. The van der Waals surface area contributed by atoms with Crippen LogP contribution in [0.4, 0.5) is 10.5 Å². The van der Waals surface area contributed by atoms with E-state index in [0.717, 1.165) is 5.56 Å². The van der Waals surface area contributed by atoms with Crippen molar-refractivity contribution in [2.24, 2.45) is 5.84 Å². The number of hydrazine groups is 1. The molecule has 0 radical (unpaired) electrons. The largest absolute Gasteiger partial charge is 0.444 e. The average molecular weight is 464 g/mol. The van der Waals surface area contributed by atoms with Gasteiger partial charge in [0.1, 0.15) is 11.0 Å². The first kappa shape index (κ1) is 23.4. The SMILES string of the molecule is CC(C)(C)OC(=O)NCCCCC1(c2ccccc2Cl)C(=O)N(N)c2ccc(Cl)cc21. The number of hydrogen-bond acceptors (Lipinski definition) is 4. The molecule has 31 heavy (non-hydrogen) atoms. The van der Waals surface area contributed by atoms with Gasteiger partial charge in [-0.1, -0.05) is 41.4 Å². The van der Waals surface area contributed by atoms with E-state index >= 15 is 0 Å². The van der Waals surface area contributed by atoms with E-state index in [1.54, 1.807) is 24.3 Å². The average Bonchev–Trinajstić information content (AvgIpc) is 2.88. The number of fused-ring (bicyclic) bond motifs is 1. The monoisotopic (exact) mass is 463 g/mol. The number of hydrogen-bond donors (Lipinski definition) is 2. The summed E-state index contributed by atoms with van der Waals surface area (Å²) in [7, 11) is 0. The number of unbranched alkanes of at least 4 members (excludes halogenated alkanes) is 1. The summed E-state index contributed by atoms with van der Waals surface area (Å²) in [4.78, 5) is 25.3. The molecule has 2 aromatic carbocycles. The lowest BCUT2D eigenvalue weighted by molar-refractivity contribution is -0.122. The van der Waals surface area contributed by atoms with Crippen molar-refractivity contribution in [2.45, 2.75) is 51.0 Å². The molecule has 1 unspecified atom stereocenters. The number of rotatable bonds is 6. The summed E-state index contributed by atoms with van der Waals surface area (Å²) in [5.74, 6) is 5.90. The van der Waals surface area contributed by atoms with Gasteiger partial charge in [0, 0.05) is 16.6 Å². The van der Waals surface area contributed by atoms with Crippen molar-refractivity contribution >= 4 is 40.9 Å². The van der Waals surface area contributed by atoms with Crippen LogP contribution in [-0.4, -0.2) is 24.1 Å². The number of anilines is 1. The van der Waals surface area contributed by atoms with Crippen molar-refractivity contribution in [1.29, 1.82) is 0 Å². The summed E-state index contributed by atoms with van der Waals surface area (Å²) in [6.45, 7) is 5.86. The summed E-state index contributed by atoms with van der Waals surface area (Å²) in [5.41, 5.74) is 0.446. The van der Waals surface area contributed by atoms with Crippen LogP contribution >= 0.6 is 23.2 Å². The summed E-state index contributed by atoms with van der Waals surface area (Å²) in [6, 6.07) is 12.5. The van der Waals surface area contributed by atoms with Gasteiger partial charge in [-0.2, -0.15) is 0 Å². The zero-order chi connectivity index (χ0) is 22.8. The topological polar surface area (TPSA) is 84.7 Å². The molecular weight excluding hydrogens is 437 g/mol. The molecule has 2 amide bonds. The molecule has 0 spiro atoms. The molecule has 8 heteroatoms. The second-order valence-corrected chi connectivity index (χ2v) is 9.45. The number of alkyl carbamates (subject to hydrolysis) is 1. The Balaban J connectivity index is 1.84. The number of nitrogens with one attached hydrogen (secondary N) is 1. The third-order valence-electron chi connectivity index (χ3n) is 5.24. The van der Waals surface area contributed by atoms with Crippen molar-refractivity contribution in [3.63, 3.8) is 0 Å². The molecule has 0 aromatic heterocycles. The number of benzene rings is 2. The standard InChI is InChI=1S/C23H27Cl2N3O3/c1-22(2,3)31-21(30)27-13-7-6-12-23(16-8-4-5-9-18(16)25)17-14-15(24)10-11-19(17)28(26)20(23)29/h4-5,8-11,14H,6-7,12-13,26H2,1-3H3,(H,27,30). The Morgan fingerprint density at radius 1 is 1.13 bits per heavy atom. The van der Waals surface area contributed by atoms with Crippen LogP contribution in [0.1, 0.15) is 51.2 Å². The first-order valence-corrected chi connectivity index (χ1v) is 10.9. The number of carbonyl (C=O) groups is 2. The quantitative estimate of drug-likeness (QED) is 0.350. The van der Waals surface area contributed by atoms with Gasteiger partial charge in [0.15, 0.2) is 0 Å². The van der Waals surface area contributed by atoms with Gasteiger partial charge in [0.2, 0.25) is 0 Å². The highest BCUT2D eigenvalue weighted by Crippen LogP contribution is 2.50. The summed E-state index contributed by atoms with van der Waals surface area (Å²) >= 11 is 12.8. The maximum absolute atomic E-state index is 13.5. The second-order valence-electron chi connectivity index (χ2n) is 8.61. The second kappa shape index (κ2) is 9.07. The third kappa shape index (κ3) is 4.81. The minimum Gasteiger partial charge on any atom is -0.444 e. The van der Waals surface area contributed by atoms with E-state index in [4.69, 9.17) is 33.8 Å². The van der Waals surface area contributed by atoms with Crippen LogP contribution in [0, 0.1) is 0 Å². The third-order valence-corrected chi connectivity index (χ3v) is 5.81. The predicted molar refractivity (Wildman–Crippen MR) is 123 cm³/mol. The van der Waals surface area contributed by atoms with Crippen LogP contribution in [0.25, 0.3) is 0 Å².